The van der Waals surface area contributed by atoms with Gasteiger partial charge in [-0.1, -0.05) is 32.9 Å². The standard InChI is InChI=1S/C17H30N2O/c1-5-16-8-10-17(11-9-16)20-15(4)14-18-12-13-19(6-2)7-3/h8-11,15,18H,5-7,12-14H2,1-4H3. The van der Waals surface area contributed by atoms with Gasteiger partial charge in [-0.3, -0.25) is 0 Å². The van der Waals surface area contributed by atoms with E-state index in [9.17, 15) is 0 Å². The SMILES string of the molecule is CCc1ccc(OC(C)CNCCN(CC)CC)cc1. The largest absolute Gasteiger partial charge is 0.489 e. The van der Waals surface area contributed by atoms with Crippen LogP contribution < -0.4 is 10.1 Å². The van der Waals surface area contributed by atoms with E-state index in [1.54, 1.807) is 0 Å². The Kier molecular flexibility index (Phi) is 8.31. The fourth-order valence-electron chi connectivity index (χ4n) is 2.16. The molecule has 1 unspecified atom stereocenters. The summed E-state index contributed by atoms with van der Waals surface area (Å²) in [5.41, 5.74) is 1.35. The van der Waals surface area contributed by atoms with E-state index in [4.69, 9.17) is 4.74 Å². The highest BCUT2D eigenvalue weighted by molar-refractivity contribution is 5.27. The second-order valence-electron chi connectivity index (χ2n) is 5.16. The summed E-state index contributed by atoms with van der Waals surface area (Å²) in [5.74, 6) is 0.959. The van der Waals surface area contributed by atoms with Gasteiger partial charge >= 0.3 is 0 Å². The molecule has 0 saturated carbocycles. The molecule has 0 bridgehead atoms. The van der Waals surface area contributed by atoms with Crippen molar-refractivity contribution in [2.45, 2.75) is 40.2 Å². The number of benzene rings is 1. The van der Waals surface area contributed by atoms with Gasteiger partial charge in [0.25, 0.3) is 0 Å². The summed E-state index contributed by atoms with van der Waals surface area (Å²) in [7, 11) is 0. The maximum atomic E-state index is 5.90. The Morgan fingerprint density at radius 2 is 1.75 bits per heavy atom. The van der Waals surface area contributed by atoms with Gasteiger partial charge in [0.1, 0.15) is 11.9 Å². The molecule has 1 atom stereocenters. The molecule has 0 aliphatic heterocycles. The van der Waals surface area contributed by atoms with Crippen LogP contribution in [0.3, 0.4) is 0 Å². The van der Waals surface area contributed by atoms with Gasteiger partial charge in [-0.2, -0.15) is 0 Å². The molecule has 0 amide bonds. The minimum atomic E-state index is 0.194. The van der Waals surface area contributed by atoms with Crippen molar-refractivity contribution in [2.24, 2.45) is 0 Å². The zero-order valence-electron chi connectivity index (χ0n) is 13.5. The van der Waals surface area contributed by atoms with Crippen molar-refractivity contribution in [1.29, 1.82) is 0 Å². The monoisotopic (exact) mass is 278 g/mol. The third kappa shape index (κ3) is 6.40. The number of aryl methyl sites for hydroxylation is 1. The number of nitrogens with one attached hydrogen (secondary N) is 1. The molecular weight excluding hydrogens is 248 g/mol. The first-order valence-corrected chi connectivity index (χ1v) is 7.88. The van der Waals surface area contributed by atoms with Crippen molar-refractivity contribution in [2.75, 3.05) is 32.7 Å². The fourth-order valence-corrected chi connectivity index (χ4v) is 2.16. The fraction of sp³-hybridized carbons (Fsp3) is 0.647. The van der Waals surface area contributed by atoms with Crippen LogP contribution in [0.5, 0.6) is 5.75 Å². The molecule has 0 heterocycles. The zero-order chi connectivity index (χ0) is 14.8. The average molecular weight is 278 g/mol. The molecule has 0 aliphatic carbocycles. The van der Waals surface area contributed by atoms with Crippen molar-refractivity contribution in [3.8, 4) is 5.75 Å². The van der Waals surface area contributed by atoms with Crippen molar-refractivity contribution in [3.05, 3.63) is 29.8 Å². The molecule has 0 aromatic heterocycles. The Hall–Kier alpha value is -1.06. The van der Waals surface area contributed by atoms with Crippen LogP contribution >= 0.6 is 0 Å². The molecule has 1 aromatic rings. The highest BCUT2D eigenvalue weighted by Crippen LogP contribution is 2.13. The molecule has 3 nitrogen and oxygen atoms in total. The van der Waals surface area contributed by atoms with E-state index in [2.05, 4.69) is 62.2 Å². The summed E-state index contributed by atoms with van der Waals surface area (Å²) in [4.78, 5) is 2.42. The van der Waals surface area contributed by atoms with Crippen LogP contribution in [0, 0.1) is 0 Å². The van der Waals surface area contributed by atoms with Crippen LogP contribution in [0.15, 0.2) is 24.3 Å². The number of hydrogen-bond donors (Lipinski definition) is 1. The highest BCUT2D eigenvalue weighted by Gasteiger charge is 2.04. The van der Waals surface area contributed by atoms with E-state index < -0.39 is 0 Å². The number of likely N-dealkylation sites (N-methyl/N-ethyl adjacent to an activating group) is 1. The summed E-state index contributed by atoms with van der Waals surface area (Å²) in [5, 5.41) is 3.46. The third-order valence-electron chi connectivity index (χ3n) is 3.60. The van der Waals surface area contributed by atoms with Gasteiger partial charge in [-0.15, -0.1) is 0 Å². The van der Waals surface area contributed by atoms with E-state index in [0.29, 0.717) is 0 Å². The van der Waals surface area contributed by atoms with Crippen molar-refractivity contribution >= 4 is 0 Å². The quantitative estimate of drug-likeness (QED) is 0.666. The molecule has 20 heavy (non-hydrogen) atoms. The Morgan fingerprint density at radius 3 is 2.30 bits per heavy atom. The molecule has 3 heteroatoms. The lowest BCUT2D eigenvalue weighted by atomic mass is 10.2. The molecule has 114 valence electrons. The molecule has 0 radical (unpaired) electrons. The van der Waals surface area contributed by atoms with Crippen LogP contribution in [0.25, 0.3) is 0 Å². The summed E-state index contributed by atoms with van der Waals surface area (Å²) >= 11 is 0. The lowest BCUT2D eigenvalue weighted by molar-refractivity contribution is 0.213. The van der Waals surface area contributed by atoms with E-state index in [1.165, 1.54) is 5.56 Å². The van der Waals surface area contributed by atoms with Crippen LogP contribution in [0.4, 0.5) is 0 Å². The Labute approximate surface area is 124 Å². The van der Waals surface area contributed by atoms with Gasteiger partial charge in [0, 0.05) is 19.6 Å². The van der Waals surface area contributed by atoms with Crippen molar-refractivity contribution in [1.82, 2.24) is 10.2 Å². The second-order valence-corrected chi connectivity index (χ2v) is 5.16. The van der Waals surface area contributed by atoms with Crippen LogP contribution in [-0.2, 0) is 6.42 Å². The molecule has 0 fully saturated rings. The maximum absolute atomic E-state index is 5.90. The predicted octanol–water partition coefficient (Wildman–Crippen LogP) is 2.95. The molecule has 0 aliphatic rings. The molecule has 1 rings (SSSR count). The van der Waals surface area contributed by atoms with E-state index in [-0.39, 0.29) is 6.10 Å². The zero-order valence-corrected chi connectivity index (χ0v) is 13.5. The number of rotatable bonds is 10. The number of hydrogen-bond acceptors (Lipinski definition) is 3. The molecule has 0 spiro atoms. The van der Waals surface area contributed by atoms with E-state index >= 15 is 0 Å². The maximum Gasteiger partial charge on any atom is 0.119 e. The average Bonchev–Trinajstić information content (AvgIpc) is 2.48. The second kappa shape index (κ2) is 9.78. The molecule has 0 saturated heterocycles. The van der Waals surface area contributed by atoms with Crippen LogP contribution in [0.2, 0.25) is 0 Å². The highest BCUT2D eigenvalue weighted by atomic mass is 16.5. The molecule has 1 aromatic carbocycles. The first-order valence-electron chi connectivity index (χ1n) is 7.88. The van der Waals surface area contributed by atoms with Gasteiger partial charge in [0.2, 0.25) is 0 Å². The Bertz CT molecular complexity index is 347. The lowest BCUT2D eigenvalue weighted by Gasteiger charge is -2.20. The summed E-state index contributed by atoms with van der Waals surface area (Å²) in [6.45, 7) is 13.9. The number of ether oxygens (including phenoxy) is 1. The smallest absolute Gasteiger partial charge is 0.119 e. The van der Waals surface area contributed by atoms with E-state index in [0.717, 1.165) is 44.9 Å². The van der Waals surface area contributed by atoms with Crippen LogP contribution in [0.1, 0.15) is 33.3 Å². The number of nitrogens with zero attached hydrogens (tertiary/aromatic N) is 1. The van der Waals surface area contributed by atoms with Gasteiger partial charge < -0.3 is 15.0 Å². The van der Waals surface area contributed by atoms with Crippen molar-refractivity contribution < 1.29 is 4.74 Å². The lowest BCUT2D eigenvalue weighted by Crippen LogP contribution is -2.36. The van der Waals surface area contributed by atoms with E-state index in [1.807, 2.05) is 0 Å². The van der Waals surface area contributed by atoms with Crippen molar-refractivity contribution in [3.63, 3.8) is 0 Å². The van der Waals surface area contributed by atoms with Gasteiger partial charge in [-0.25, -0.2) is 0 Å². The third-order valence-corrected chi connectivity index (χ3v) is 3.60. The van der Waals surface area contributed by atoms with Gasteiger partial charge in [-0.05, 0) is 44.1 Å². The first-order chi connectivity index (χ1) is 9.69. The summed E-state index contributed by atoms with van der Waals surface area (Å²) in [6, 6.07) is 8.39. The van der Waals surface area contributed by atoms with Gasteiger partial charge in [0.05, 0.1) is 0 Å². The van der Waals surface area contributed by atoms with Crippen LogP contribution in [-0.4, -0.2) is 43.7 Å². The predicted molar refractivity (Wildman–Crippen MR) is 86.6 cm³/mol. The molecule has 1 N–H and O–H groups in total. The normalized spacial score (nSPS) is 12.7. The Balaban J connectivity index is 2.20. The topological polar surface area (TPSA) is 24.5 Å². The Morgan fingerprint density at radius 1 is 1.10 bits per heavy atom. The first kappa shape index (κ1) is 17.0. The summed E-state index contributed by atoms with van der Waals surface area (Å²) < 4.78 is 5.90. The minimum absolute atomic E-state index is 0.194. The minimum Gasteiger partial charge on any atom is -0.489 e. The summed E-state index contributed by atoms with van der Waals surface area (Å²) in [6.07, 6.45) is 1.27. The molecular formula is C17H30N2O. The van der Waals surface area contributed by atoms with Gasteiger partial charge in [0.15, 0.2) is 0 Å².